The molecule has 0 radical (unpaired) electrons. The van der Waals surface area contributed by atoms with Crippen molar-refractivity contribution < 1.29 is 8.83 Å². The number of anilines is 3. The molecule has 0 atom stereocenters. The average Bonchev–Trinajstić information content (AvgIpc) is 3.68. The molecule has 3 heteroatoms. The predicted molar refractivity (Wildman–Crippen MR) is 196 cm³/mol. The highest BCUT2D eigenvalue weighted by Crippen LogP contribution is 2.41. The van der Waals surface area contributed by atoms with E-state index < -0.39 is 0 Å². The van der Waals surface area contributed by atoms with Crippen molar-refractivity contribution in [3.63, 3.8) is 0 Å². The van der Waals surface area contributed by atoms with E-state index in [4.69, 9.17) is 8.83 Å². The number of nitrogens with zero attached hydrogens (tertiary/aromatic N) is 1. The fourth-order valence-corrected chi connectivity index (χ4v) is 6.84. The van der Waals surface area contributed by atoms with Crippen LogP contribution in [0.25, 0.3) is 66.1 Å². The molecule has 0 aliphatic heterocycles. The number of fused-ring (bicyclic) bond motifs is 6. The number of rotatable bonds is 5. The maximum atomic E-state index is 6.39. The maximum Gasteiger partial charge on any atom is 0.143 e. The topological polar surface area (TPSA) is 29.5 Å². The van der Waals surface area contributed by atoms with E-state index in [9.17, 15) is 0 Å². The number of para-hydroxylation sites is 3. The Balaban J connectivity index is 1.11. The summed E-state index contributed by atoms with van der Waals surface area (Å²) in [6, 6.07) is 53.7. The molecule has 3 nitrogen and oxygen atoms in total. The molecular weight excluding hydrogens is 574 g/mol. The van der Waals surface area contributed by atoms with Crippen molar-refractivity contribution >= 4 is 60.9 Å². The smallest absolute Gasteiger partial charge is 0.143 e. The van der Waals surface area contributed by atoms with Crippen molar-refractivity contribution in [2.24, 2.45) is 0 Å². The quantitative estimate of drug-likeness (QED) is 0.195. The van der Waals surface area contributed by atoms with E-state index >= 15 is 0 Å². The average molecular weight is 606 g/mol. The van der Waals surface area contributed by atoms with Crippen LogP contribution >= 0.6 is 0 Å². The van der Waals surface area contributed by atoms with Crippen LogP contribution in [0, 0.1) is 13.8 Å². The van der Waals surface area contributed by atoms with Crippen LogP contribution in [0.2, 0.25) is 0 Å². The Morgan fingerprint density at radius 3 is 1.45 bits per heavy atom. The highest BCUT2D eigenvalue weighted by Gasteiger charge is 2.17. The van der Waals surface area contributed by atoms with E-state index in [1.54, 1.807) is 0 Å². The van der Waals surface area contributed by atoms with Gasteiger partial charge in [0, 0.05) is 49.7 Å². The lowest BCUT2D eigenvalue weighted by Gasteiger charge is -2.26. The molecule has 0 spiro atoms. The molecule has 0 amide bonds. The Hall–Kier alpha value is -6.06. The third-order valence-electron chi connectivity index (χ3n) is 9.22. The van der Waals surface area contributed by atoms with Crippen LogP contribution in [-0.4, -0.2) is 0 Å². The highest BCUT2D eigenvalue weighted by atomic mass is 16.3. The van der Waals surface area contributed by atoms with E-state index in [-0.39, 0.29) is 0 Å². The van der Waals surface area contributed by atoms with E-state index in [0.29, 0.717) is 0 Å². The molecule has 0 aliphatic carbocycles. The molecule has 0 saturated carbocycles. The van der Waals surface area contributed by atoms with Gasteiger partial charge in [-0.1, -0.05) is 108 Å². The first kappa shape index (κ1) is 27.3. The predicted octanol–water partition coefficient (Wildman–Crippen LogP) is 12.9. The van der Waals surface area contributed by atoms with Crippen molar-refractivity contribution in [1.29, 1.82) is 0 Å². The summed E-state index contributed by atoms with van der Waals surface area (Å²) in [5.41, 5.74) is 13.8. The summed E-state index contributed by atoms with van der Waals surface area (Å²) < 4.78 is 12.7. The summed E-state index contributed by atoms with van der Waals surface area (Å²) in [6.45, 7) is 4.24. The minimum Gasteiger partial charge on any atom is -0.455 e. The molecule has 0 saturated heterocycles. The van der Waals surface area contributed by atoms with Crippen molar-refractivity contribution in [2.75, 3.05) is 4.90 Å². The molecule has 9 aromatic rings. The van der Waals surface area contributed by atoms with Crippen LogP contribution < -0.4 is 4.90 Å². The number of benzene rings is 7. The second kappa shape index (κ2) is 10.8. The second-order valence-corrected chi connectivity index (χ2v) is 12.3. The molecule has 7 aromatic carbocycles. The molecule has 0 N–H and O–H groups in total. The number of aryl methyl sites for hydroxylation is 2. The molecule has 2 heterocycles. The zero-order valence-electron chi connectivity index (χ0n) is 26.2. The van der Waals surface area contributed by atoms with E-state index in [1.165, 1.54) is 11.1 Å². The van der Waals surface area contributed by atoms with Gasteiger partial charge in [-0.2, -0.15) is 0 Å². The summed E-state index contributed by atoms with van der Waals surface area (Å²) in [7, 11) is 0. The Kier molecular flexibility index (Phi) is 6.26. The van der Waals surface area contributed by atoms with Gasteiger partial charge in [-0.05, 0) is 79.6 Å². The van der Waals surface area contributed by atoms with E-state index in [0.717, 1.165) is 83.2 Å². The molecular formula is C44H31NO2. The van der Waals surface area contributed by atoms with Gasteiger partial charge in [0.2, 0.25) is 0 Å². The molecule has 0 unspecified atom stereocenters. The summed E-state index contributed by atoms with van der Waals surface area (Å²) >= 11 is 0. The first-order valence-electron chi connectivity index (χ1n) is 16.0. The van der Waals surface area contributed by atoms with Crippen LogP contribution in [0.15, 0.2) is 160 Å². The van der Waals surface area contributed by atoms with Gasteiger partial charge in [0.25, 0.3) is 0 Å². The van der Waals surface area contributed by atoms with Gasteiger partial charge in [0.1, 0.15) is 22.3 Å². The number of hydrogen-bond donors (Lipinski definition) is 0. The lowest BCUT2D eigenvalue weighted by Crippen LogP contribution is -2.09. The van der Waals surface area contributed by atoms with Crippen LogP contribution in [0.3, 0.4) is 0 Å². The Bertz CT molecular complexity index is 2570. The van der Waals surface area contributed by atoms with Crippen LogP contribution in [0.4, 0.5) is 17.1 Å². The molecule has 9 rings (SSSR count). The highest BCUT2D eigenvalue weighted by molar-refractivity contribution is 6.10. The molecule has 2 aromatic heterocycles. The van der Waals surface area contributed by atoms with Gasteiger partial charge < -0.3 is 13.7 Å². The monoisotopic (exact) mass is 605 g/mol. The van der Waals surface area contributed by atoms with Gasteiger partial charge in [-0.3, -0.25) is 0 Å². The van der Waals surface area contributed by atoms with Gasteiger partial charge in [0.15, 0.2) is 0 Å². The molecule has 0 bridgehead atoms. The Morgan fingerprint density at radius 1 is 0.383 bits per heavy atom. The summed E-state index contributed by atoms with van der Waals surface area (Å²) in [6.07, 6.45) is 0. The third-order valence-corrected chi connectivity index (χ3v) is 9.22. The zero-order chi connectivity index (χ0) is 31.5. The second-order valence-electron chi connectivity index (χ2n) is 12.3. The fraction of sp³-hybridized carbons (Fsp3) is 0.0455. The Labute approximate surface area is 272 Å². The van der Waals surface area contributed by atoms with Gasteiger partial charge in [-0.25, -0.2) is 0 Å². The zero-order valence-corrected chi connectivity index (χ0v) is 26.2. The van der Waals surface area contributed by atoms with Crippen molar-refractivity contribution in [3.8, 4) is 22.3 Å². The van der Waals surface area contributed by atoms with E-state index in [1.807, 2.05) is 12.1 Å². The van der Waals surface area contributed by atoms with Gasteiger partial charge in [-0.15, -0.1) is 0 Å². The lowest BCUT2D eigenvalue weighted by atomic mass is 10.0. The first-order valence-corrected chi connectivity index (χ1v) is 16.0. The Morgan fingerprint density at radius 2 is 0.851 bits per heavy atom. The number of furan rings is 2. The number of hydrogen-bond acceptors (Lipinski definition) is 3. The normalized spacial score (nSPS) is 11.6. The molecule has 47 heavy (non-hydrogen) atoms. The molecule has 0 aliphatic rings. The first-order chi connectivity index (χ1) is 23.1. The summed E-state index contributed by atoms with van der Waals surface area (Å²) in [5, 5.41) is 4.58. The third kappa shape index (κ3) is 4.59. The van der Waals surface area contributed by atoms with Crippen LogP contribution in [0.5, 0.6) is 0 Å². The standard InChI is InChI=1S/C44H31NO2/c1-28-13-20-32(21-14-28)45(33-22-16-30(17-23-33)35-8-5-10-38-37-7-3-4-12-41(37)46-43(35)38)34-24-18-31(19-25-34)36-9-6-11-39-40-27-29(2)15-26-42(40)47-44(36)39/h3-27H,1-2H3. The van der Waals surface area contributed by atoms with Crippen molar-refractivity contribution in [1.82, 2.24) is 0 Å². The SMILES string of the molecule is Cc1ccc(N(c2ccc(-c3cccc4c3oc3ccccc34)cc2)c2ccc(-c3cccc4c3oc3ccc(C)cc34)cc2)cc1. The summed E-state index contributed by atoms with van der Waals surface area (Å²) in [4.78, 5) is 2.30. The lowest BCUT2D eigenvalue weighted by molar-refractivity contribution is 0.669. The largest absolute Gasteiger partial charge is 0.455 e. The van der Waals surface area contributed by atoms with E-state index in [2.05, 4.69) is 158 Å². The molecule has 224 valence electrons. The minimum absolute atomic E-state index is 0.909. The fourth-order valence-electron chi connectivity index (χ4n) is 6.84. The maximum absolute atomic E-state index is 6.39. The minimum atomic E-state index is 0.909. The van der Waals surface area contributed by atoms with Crippen LogP contribution in [-0.2, 0) is 0 Å². The molecule has 0 fully saturated rings. The van der Waals surface area contributed by atoms with Gasteiger partial charge >= 0.3 is 0 Å². The van der Waals surface area contributed by atoms with Crippen molar-refractivity contribution in [3.05, 3.63) is 163 Å². The van der Waals surface area contributed by atoms with Gasteiger partial charge in [0.05, 0.1) is 0 Å². The van der Waals surface area contributed by atoms with Crippen molar-refractivity contribution in [2.45, 2.75) is 13.8 Å². The summed E-state index contributed by atoms with van der Waals surface area (Å²) in [5.74, 6) is 0. The van der Waals surface area contributed by atoms with Crippen LogP contribution in [0.1, 0.15) is 11.1 Å².